The van der Waals surface area contributed by atoms with Crippen LogP contribution in [0.2, 0.25) is 5.02 Å². The number of aliphatic hydroxyl groups is 1. The number of imidazole rings is 1. The van der Waals surface area contributed by atoms with Crippen LogP contribution in [-0.4, -0.2) is 27.6 Å². The Balaban J connectivity index is 1.67. The SMILES string of the molecule is OC(Cn1ccnc1)(c1ccc(Cl)cc1)c1ccccc1COC1CCCCO1. The van der Waals surface area contributed by atoms with Crippen LogP contribution < -0.4 is 0 Å². The van der Waals surface area contributed by atoms with E-state index in [1.165, 1.54) is 0 Å². The molecule has 4 rings (SSSR count). The van der Waals surface area contributed by atoms with E-state index in [2.05, 4.69) is 4.98 Å². The van der Waals surface area contributed by atoms with E-state index < -0.39 is 5.60 Å². The molecule has 2 heterocycles. The fraction of sp³-hybridized carbons (Fsp3) is 0.348. The van der Waals surface area contributed by atoms with Gasteiger partial charge in [-0.15, -0.1) is 0 Å². The van der Waals surface area contributed by atoms with Gasteiger partial charge in [-0.05, 0) is 48.1 Å². The average molecular weight is 413 g/mol. The van der Waals surface area contributed by atoms with Gasteiger partial charge in [0.2, 0.25) is 0 Å². The zero-order chi connectivity index (χ0) is 20.1. The third kappa shape index (κ3) is 4.70. The van der Waals surface area contributed by atoms with Crippen LogP contribution >= 0.6 is 11.6 Å². The second kappa shape index (κ2) is 9.09. The van der Waals surface area contributed by atoms with Crippen molar-refractivity contribution in [3.63, 3.8) is 0 Å². The van der Waals surface area contributed by atoms with Gasteiger partial charge in [-0.25, -0.2) is 4.98 Å². The lowest BCUT2D eigenvalue weighted by Crippen LogP contribution is -2.34. The zero-order valence-corrected chi connectivity index (χ0v) is 17.0. The van der Waals surface area contributed by atoms with E-state index in [4.69, 9.17) is 21.1 Å². The summed E-state index contributed by atoms with van der Waals surface area (Å²) in [5.74, 6) is 0. The van der Waals surface area contributed by atoms with Gasteiger partial charge in [-0.3, -0.25) is 0 Å². The average Bonchev–Trinajstić information content (AvgIpc) is 3.26. The standard InChI is InChI=1S/C23H25ClN2O3/c24-20-10-8-19(9-11-20)23(27,16-26-13-12-25-17-26)21-6-2-1-5-18(21)15-29-22-7-3-4-14-28-22/h1-2,5-6,8-13,17,22,27H,3-4,7,14-16H2. The van der Waals surface area contributed by atoms with Crippen molar-refractivity contribution in [2.45, 2.75) is 44.3 Å². The predicted octanol–water partition coefficient (Wildman–Crippen LogP) is 4.52. The Hall–Kier alpha value is -2.18. The van der Waals surface area contributed by atoms with Gasteiger partial charge in [0, 0.05) is 24.0 Å². The van der Waals surface area contributed by atoms with E-state index in [1.807, 2.05) is 47.2 Å². The smallest absolute Gasteiger partial charge is 0.158 e. The van der Waals surface area contributed by atoms with Crippen LogP contribution in [0.15, 0.2) is 67.3 Å². The fourth-order valence-electron chi connectivity index (χ4n) is 3.78. The molecule has 6 heteroatoms. The maximum absolute atomic E-state index is 12.0. The number of ether oxygens (including phenoxy) is 2. The normalized spacial score (nSPS) is 19.0. The fourth-order valence-corrected chi connectivity index (χ4v) is 3.90. The largest absolute Gasteiger partial charge is 0.378 e. The highest BCUT2D eigenvalue weighted by Crippen LogP contribution is 2.35. The molecule has 1 fully saturated rings. The molecule has 1 aliphatic rings. The molecular formula is C23H25ClN2O3. The lowest BCUT2D eigenvalue weighted by Gasteiger charge is -2.32. The molecular weight excluding hydrogens is 388 g/mol. The molecule has 0 saturated carbocycles. The van der Waals surface area contributed by atoms with Crippen LogP contribution in [0.5, 0.6) is 0 Å². The Labute approximate surface area is 175 Å². The molecule has 0 amide bonds. The first-order chi connectivity index (χ1) is 14.1. The number of nitrogens with zero attached hydrogens (tertiary/aromatic N) is 2. The highest BCUT2D eigenvalue weighted by molar-refractivity contribution is 6.30. The van der Waals surface area contributed by atoms with E-state index in [1.54, 1.807) is 24.7 Å². The molecule has 0 radical (unpaired) electrons. The number of halogens is 1. The minimum absolute atomic E-state index is 0.186. The number of rotatable bonds is 7. The number of benzene rings is 2. The summed E-state index contributed by atoms with van der Waals surface area (Å²) in [5, 5.41) is 12.6. The summed E-state index contributed by atoms with van der Waals surface area (Å²) >= 11 is 6.09. The predicted molar refractivity (Wildman–Crippen MR) is 111 cm³/mol. The van der Waals surface area contributed by atoms with Gasteiger partial charge >= 0.3 is 0 Å². The van der Waals surface area contributed by atoms with Crippen LogP contribution in [0, 0.1) is 0 Å². The van der Waals surface area contributed by atoms with Crippen molar-refractivity contribution < 1.29 is 14.6 Å². The Morgan fingerprint density at radius 1 is 1.17 bits per heavy atom. The van der Waals surface area contributed by atoms with Crippen molar-refractivity contribution in [2.24, 2.45) is 0 Å². The van der Waals surface area contributed by atoms with Gasteiger partial charge in [-0.2, -0.15) is 0 Å². The molecule has 29 heavy (non-hydrogen) atoms. The van der Waals surface area contributed by atoms with Crippen molar-refractivity contribution in [1.82, 2.24) is 9.55 Å². The van der Waals surface area contributed by atoms with Crippen molar-refractivity contribution in [1.29, 1.82) is 0 Å². The highest BCUT2D eigenvalue weighted by atomic mass is 35.5. The van der Waals surface area contributed by atoms with Crippen LogP contribution in [0.1, 0.15) is 36.0 Å². The second-order valence-corrected chi connectivity index (χ2v) is 7.80. The summed E-state index contributed by atoms with van der Waals surface area (Å²) in [6, 6.07) is 15.2. The minimum atomic E-state index is -1.27. The first-order valence-corrected chi connectivity index (χ1v) is 10.3. The van der Waals surface area contributed by atoms with Crippen LogP contribution in [0.3, 0.4) is 0 Å². The monoisotopic (exact) mass is 412 g/mol. The van der Waals surface area contributed by atoms with Crippen LogP contribution in [-0.2, 0) is 28.2 Å². The highest BCUT2D eigenvalue weighted by Gasteiger charge is 2.34. The Kier molecular flexibility index (Phi) is 6.31. The third-order valence-electron chi connectivity index (χ3n) is 5.32. The molecule has 2 aromatic carbocycles. The molecule has 0 spiro atoms. The van der Waals surface area contributed by atoms with Crippen molar-refractivity contribution in [3.05, 3.63) is 89.0 Å². The van der Waals surface area contributed by atoms with Gasteiger partial charge < -0.3 is 19.1 Å². The van der Waals surface area contributed by atoms with Crippen molar-refractivity contribution in [2.75, 3.05) is 6.61 Å². The Morgan fingerprint density at radius 3 is 2.72 bits per heavy atom. The van der Waals surface area contributed by atoms with E-state index in [0.29, 0.717) is 18.2 Å². The summed E-state index contributed by atoms with van der Waals surface area (Å²) in [6.07, 6.45) is 8.16. The Morgan fingerprint density at radius 2 is 2.00 bits per heavy atom. The van der Waals surface area contributed by atoms with Gasteiger partial charge in [0.25, 0.3) is 0 Å². The molecule has 1 saturated heterocycles. The van der Waals surface area contributed by atoms with Gasteiger partial charge in [0.05, 0.1) is 19.5 Å². The van der Waals surface area contributed by atoms with E-state index >= 15 is 0 Å². The van der Waals surface area contributed by atoms with Gasteiger partial charge in [0.1, 0.15) is 5.60 Å². The molecule has 1 aromatic heterocycles. The number of hydrogen-bond donors (Lipinski definition) is 1. The van der Waals surface area contributed by atoms with Gasteiger partial charge in [-0.1, -0.05) is 48.0 Å². The molecule has 0 bridgehead atoms. The minimum Gasteiger partial charge on any atom is -0.378 e. The summed E-state index contributed by atoms with van der Waals surface area (Å²) in [7, 11) is 0. The molecule has 2 unspecified atom stereocenters. The first-order valence-electron chi connectivity index (χ1n) is 9.91. The molecule has 1 aliphatic heterocycles. The first kappa shape index (κ1) is 20.1. The topological polar surface area (TPSA) is 56.5 Å². The molecule has 5 nitrogen and oxygen atoms in total. The summed E-state index contributed by atoms with van der Waals surface area (Å²) in [4.78, 5) is 4.12. The van der Waals surface area contributed by atoms with Crippen LogP contribution in [0.4, 0.5) is 0 Å². The van der Waals surface area contributed by atoms with E-state index in [0.717, 1.165) is 42.6 Å². The Bertz CT molecular complexity index is 908. The molecule has 2 atom stereocenters. The van der Waals surface area contributed by atoms with Gasteiger partial charge in [0.15, 0.2) is 6.29 Å². The van der Waals surface area contributed by atoms with E-state index in [-0.39, 0.29) is 6.29 Å². The summed E-state index contributed by atoms with van der Waals surface area (Å²) in [6.45, 7) is 1.44. The van der Waals surface area contributed by atoms with Crippen LogP contribution in [0.25, 0.3) is 0 Å². The quantitative estimate of drug-likeness (QED) is 0.620. The maximum atomic E-state index is 12.0. The van der Waals surface area contributed by atoms with E-state index in [9.17, 15) is 5.11 Å². The maximum Gasteiger partial charge on any atom is 0.158 e. The summed E-state index contributed by atoms with van der Waals surface area (Å²) in [5.41, 5.74) is 1.22. The third-order valence-corrected chi connectivity index (χ3v) is 5.57. The molecule has 152 valence electrons. The van der Waals surface area contributed by atoms with Crippen molar-refractivity contribution in [3.8, 4) is 0 Å². The number of hydrogen-bond acceptors (Lipinski definition) is 4. The number of aromatic nitrogens is 2. The zero-order valence-electron chi connectivity index (χ0n) is 16.2. The molecule has 1 N–H and O–H groups in total. The lowest BCUT2D eigenvalue weighted by molar-refractivity contribution is -0.169. The molecule has 3 aromatic rings. The van der Waals surface area contributed by atoms with Crippen molar-refractivity contribution >= 4 is 11.6 Å². The summed E-state index contributed by atoms with van der Waals surface area (Å²) < 4.78 is 13.6. The second-order valence-electron chi connectivity index (χ2n) is 7.37. The molecule has 0 aliphatic carbocycles. The lowest BCUT2D eigenvalue weighted by atomic mass is 9.83.